The van der Waals surface area contributed by atoms with Gasteiger partial charge in [-0.15, -0.1) is 0 Å². The smallest absolute Gasteiger partial charge is 0.306 e. The molecule has 0 aromatic rings. The standard InChI is InChI=1S/C19H35ClO4/c1-19(2,3)24-18(22)15-13-11-9-7-5-4-6-8-10-12-14-17(21)23-16-20/h4-16H2,1-3H3. The van der Waals surface area contributed by atoms with E-state index in [1.54, 1.807) is 0 Å². The molecule has 0 heterocycles. The lowest BCUT2D eigenvalue weighted by Crippen LogP contribution is -2.23. The van der Waals surface area contributed by atoms with Gasteiger partial charge in [0.2, 0.25) is 0 Å². The summed E-state index contributed by atoms with van der Waals surface area (Å²) < 4.78 is 9.95. The van der Waals surface area contributed by atoms with E-state index in [2.05, 4.69) is 4.74 Å². The van der Waals surface area contributed by atoms with Crippen LogP contribution in [0.2, 0.25) is 0 Å². The topological polar surface area (TPSA) is 52.6 Å². The normalized spacial score (nSPS) is 11.3. The molecule has 0 fully saturated rings. The Balaban J connectivity index is 3.23. The number of carbonyl (C=O) groups excluding carboxylic acids is 2. The maximum Gasteiger partial charge on any atom is 0.306 e. The van der Waals surface area contributed by atoms with Gasteiger partial charge in [0.1, 0.15) is 5.60 Å². The SMILES string of the molecule is CC(C)(C)OC(=O)CCCCCCCCCCCCC(=O)OCCl. The molecule has 0 unspecified atom stereocenters. The van der Waals surface area contributed by atoms with E-state index in [0.29, 0.717) is 12.8 Å². The van der Waals surface area contributed by atoms with Crippen LogP contribution in [-0.4, -0.2) is 23.6 Å². The van der Waals surface area contributed by atoms with Crippen LogP contribution in [0.1, 0.15) is 97.8 Å². The molecule has 4 nitrogen and oxygen atoms in total. The van der Waals surface area contributed by atoms with Crippen LogP contribution in [0.5, 0.6) is 0 Å². The van der Waals surface area contributed by atoms with E-state index in [-0.39, 0.29) is 23.6 Å². The predicted molar refractivity (Wildman–Crippen MR) is 98.1 cm³/mol. The molecule has 5 heteroatoms. The third-order valence-corrected chi connectivity index (χ3v) is 3.76. The average Bonchev–Trinajstić information content (AvgIpc) is 2.46. The lowest BCUT2D eigenvalue weighted by molar-refractivity contribution is -0.155. The summed E-state index contributed by atoms with van der Waals surface area (Å²) in [6, 6.07) is -0.0450. The van der Waals surface area contributed by atoms with Gasteiger partial charge in [-0.1, -0.05) is 63.0 Å². The lowest BCUT2D eigenvalue weighted by atomic mass is 10.1. The minimum atomic E-state index is -0.374. The van der Waals surface area contributed by atoms with Crippen LogP contribution in [0.3, 0.4) is 0 Å². The van der Waals surface area contributed by atoms with E-state index in [1.165, 1.54) is 38.5 Å². The van der Waals surface area contributed by atoms with Crippen molar-refractivity contribution in [2.45, 2.75) is 103 Å². The Bertz CT molecular complexity index is 337. The van der Waals surface area contributed by atoms with Gasteiger partial charge in [0.15, 0.2) is 6.07 Å². The van der Waals surface area contributed by atoms with Crippen LogP contribution in [-0.2, 0) is 19.1 Å². The van der Waals surface area contributed by atoms with Crippen molar-refractivity contribution in [1.29, 1.82) is 0 Å². The fraction of sp³-hybridized carbons (Fsp3) is 0.895. The number of esters is 2. The zero-order valence-electron chi connectivity index (χ0n) is 15.7. The summed E-state index contributed by atoms with van der Waals surface area (Å²) >= 11 is 5.31. The second-order valence-corrected chi connectivity index (χ2v) is 7.47. The summed E-state index contributed by atoms with van der Waals surface area (Å²) in [5.41, 5.74) is -0.374. The van der Waals surface area contributed by atoms with Crippen molar-refractivity contribution >= 4 is 23.5 Å². The van der Waals surface area contributed by atoms with Crippen LogP contribution >= 0.6 is 11.6 Å². The zero-order valence-corrected chi connectivity index (χ0v) is 16.5. The minimum absolute atomic E-state index is 0.0450. The molecule has 0 atom stereocenters. The molecule has 0 aliphatic carbocycles. The molecule has 0 bridgehead atoms. The first-order valence-corrected chi connectivity index (χ1v) is 9.82. The Morgan fingerprint density at radius 2 is 1.08 bits per heavy atom. The summed E-state index contributed by atoms with van der Waals surface area (Å²) in [7, 11) is 0. The maximum atomic E-state index is 11.5. The zero-order chi connectivity index (χ0) is 18.3. The number of unbranched alkanes of at least 4 members (excludes halogenated alkanes) is 9. The minimum Gasteiger partial charge on any atom is -0.460 e. The molecule has 0 amide bonds. The Hall–Kier alpha value is -0.770. The third kappa shape index (κ3) is 17.6. The predicted octanol–water partition coefficient (Wildman–Crippen LogP) is 5.75. The number of carbonyl (C=O) groups is 2. The molecule has 24 heavy (non-hydrogen) atoms. The fourth-order valence-electron chi connectivity index (χ4n) is 2.48. The molecule has 142 valence electrons. The highest BCUT2D eigenvalue weighted by molar-refractivity contribution is 6.17. The van der Waals surface area contributed by atoms with E-state index >= 15 is 0 Å². The Morgan fingerprint density at radius 3 is 1.46 bits per heavy atom. The van der Waals surface area contributed by atoms with Gasteiger partial charge < -0.3 is 9.47 Å². The van der Waals surface area contributed by atoms with Crippen molar-refractivity contribution in [2.75, 3.05) is 6.07 Å². The Labute approximate surface area is 152 Å². The summed E-state index contributed by atoms with van der Waals surface area (Å²) in [6.07, 6.45) is 12.3. The van der Waals surface area contributed by atoms with Crippen LogP contribution in [0.4, 0.5) is 0 Å². The Morgan fingerprint density at radius 1 is 0.708 bits per heavy atom. The summed E-state index contributed by atoms with van der Waals surface area (Å²) in [6.45, 7) is 5.70. The number of hydrogen-bond acceptors (Lipinski definition) is 4. The summed E-state index contributed by atoms with van der Waals surface area (Å²) in [4.78, 5) is 22.6. The first-order chi connectivity index (χ1) is 11.3. The van der Waals surface area contributed by atoms with Gasteiger partial charge in [-0.3, -0.25) is 9.59 Å². The Kier molecular flexibility index (Phi) is 14.1. The number of halogens is 1. The third-order valence-electron chi connectivity index (χ3n) is 3.65. The molecule has 0 aromatic carbocycles. The highest BCUT2D eigenvalue weighted by Gasteiger charge is 2.15. The largest absolute Gasteiger partial charge is 0.460 e. The molecule has 0 saturated heterocycles. The van der Waals surface area contributed by atoms with Crippen LogP contribution < -0.4 is 0 Å². The highest BCUT2D eigenvalue weighted by Crippen LogP contribution is 2.14. The van der Waals surface area contributed by atoms with E-state index in [0.717, 1.165) is 25.7 Å². The van der Waals surface area contributed by atoms with Crippen LogP contribution in [0.15, 0.2) is 0 Å². The van der Waals surface area contributed by atoms with Gasteiger partial charge in [-0.2, -0.15) is 0 Å². The van der Waals surface area contributed by atoms with E-state index < -0.39 is 0 Å². The first kappa shape index (κ1) is 23.2. The number of rotatable bonds is 14. The molecule has 0 N–H and O–H groups in total. The molecular weight excluding hydrogens is 328 g/mol. The van der Waals surface area contributed by atoms with Crippen molar-refractivity contribution in [3.63, 3.8) is 0 Å². The molecule has 0 aliphatic rings. The van der Waals surface area contributed by atoms with E-state index in [1.807, 2.05) is 20.8 Å². The molecular formula is C19H35ClO4. The average molecular weight is 363 g/mol. The van der Waals surface area contributed by atoms with Gasteiger partial charge in [-0.25, -0.2) is 0 Å². The van der Waals surface area contributed by atoms with Crippen molar-refractivity contribution in [3.05, 3.63) is 0 Å². The first-order valence-electron chi connectivity index (χ1n) is 9.28. The molecule has 0 rings (SSSR count). The second-order valence-electron chi connectivity index (χ2n) is 7.25. The number of hydrogen-bond donors (Lipinski definition) is 0. The van der Waals surface area contributed by atoms with Gasteiger partial charge >= 0.3 is 11.9 Å². The maximum absolute atomic E-state index is 11.5. The lowest BCUT2D eigenvalue weighted by Gasteiger charge is -2.19. The fourth-order valence-corrected chi connectivity index (χ4v) is 2.60. The summed E-state index contributed by atoms with van der Waals surface area (Å²) in [5.74, 6) is -0.284. The quantitative estimate of drug-likeness (QED) is 0.224. The molecule has 0 saturated carbocycles. The van der Waals surface area contributed by atoms with Gasteiger partial charge in [0, 0.05) is 12.8 Å². The highest BCUT2D eigenvalue weighted by atomic mass is 35.5. The van der Waals surface area contributed by atoms with Crippen molar-refractivity contribution in [3.8, 4) is 0 Å². The molecule has 0 radical (unpaired) electrons. The number of ether oxygens (including phenoxy) is 2. The van der Waals surface area contributed by atoms with Crippen LogP contribution in [0, 0.1) is 0 Å². The van der Waals surface area contributed by atoms with Crippen LogP contribution in [0.25, 0.3) is 0 Å². The second kappa shape index (κ2) is 14.6. The van der Waals surface area contributed by atoms with Gasteiger partial charge in [0.05, 0.1) is 0 Å². The van der Waals surface area contributed by atoms with Crippen molar-refractivity contribution in [1.82, 2.24) is 0 Å². The summed E-state index contributed by atoms with van der Waals surface area (Å²) in [5, 5.41) is 0. The van der Waals surface area contributed by atoms with E-state index in [4.69, 9.17) is 16.3 Å². The number of alkyl halides is 1. The van der Waals surface area contributed by atoms with E-state index in [9.17, 15) is 9.59 Å². The van der Waals surface area contributed by atoms with Crippen molar-refractivity contribution in [2.24, 2.45) is 0 Å². The van der Waals surface area contributed by atoms with Gasteiger partial charge in [-0.05, 0) is 33.6 Å². The molecule has 0 aromatic heterocycles. The molecule has 0 spiro atoms. The monoisotopic (exact) mass is 362 g/mol. The molecule has 0 aliphatic heterocycles. The van der Waals surface area contributed by atoms with Crippen molar-refractivity contribution < 1.29 is 19.1 Å². The van der Waals surface area contributed by atoms with Gasteiger partial charge in [0.25, 0.3) is 0 Å².